The van der Waals surface area contributed by atoms with E-state index in [4.69, 9.17) is 0 Å². The van der Waals surface area contributed by atoms with Crippen LogP contribution in [0.3, 0.4) is 0 Å². The van der Waals surface area contributed by atoms with Crippen molar-refractivity contribution >= 4 is 12.4 Å². The van der Waals surface area contributed by atoms with E-state index in [1.165, 1.54) is 96.3 Å². The van der Waals surface area contributed by atoms with Crippen molar-refractivity contribution in [1.82, 2.24) is 0 Å². The molecule has 0 spiro atoms. The summed E-state index contributed by atoms with van der Waals surface area (Å²) < 4.78 is 0. The first-order chi connectivity index (χ1) is 11.9. The molecule has 0 saturated carbocycles. The molecule has 138 valence electrons. The molecular formula is C22H41N2+. The number of hydrogen-bond donors (Lipinski definition) is 0. The lowest BCUT2D eigenvalue weighted by molar-refractivity contribution is 0.416. The first kappa shape index (κ1) is 21.3. The molecule has 0 saturated heterocycles. The van der Waals surface area contributed by atoms with E-state index in [1.807, 2.05) is 12.4 Å². The molecule has 1 unspecified atom stereocenters. The second kappa shape index (κ2) is 15.7. The molecular weight excluding hydrogens is 292 g/mol. The van der Waals surface area contributed by atoms with Gasteiger partial charge in [-0.25, -0.2) is 0 Å². The monoisotopic (exact) mass is 333 g/mol. The summed E-state index contributed by atoms with van der Waals surface area (Å²) in [6, 6.07) is 0. The fourth-order valence-corrected chi connectivity index (χ4v) is 3.54. The van der Waals surface area contributed by atoms with Gasteiger partial charge in [0.05, 0.1) is 6.42 Å². The second-order valence-corrected chi connectivity index (χ2v) is 7.48. The van der Waals surface area contributed by atoms with Crippen LogP contribution in [-0.4, -0.2) is 12.4 Å². The van der Waals surface area contributed by atoms with Crippen molar-refractivity contribution in [2.45, 2.75) is 117 Å². The lowest BCUT2D eigenvalue weighted by Gasteiger charge is -2.12. The van der Waals surface area contributed by atoms with Gasteiger partial charge in [0, 0.05) is 0 Å². The van der Waals surface area contributed by atoms with Crippen LogP contribution in [0.25, 0.3) is 0 Å². The number of rotatable bonds is 17. The van der Waals surface area contributed by atoms with E-state index in [-0.39, 0.29) is 0 Å². The van der Waals surface area contributed by atoms with Crippen LogP contribution < -0.4 is 0 Å². The maximum atomic E-state index is 4.31. The highest BCUT2D eigenvalue weighted by Crippen LogP contribution is 2.26. The van der Waals surface area contributed by atoms with Gasteiger partial charge in [-0.15, -0.1) is 0 Å². The molecule has 0 aromatic rings. The first-order valence-corrected chi connectivity index (χ1v) is 10.8. The van der Waals surface area contributed by atoms with E-state index in [0.717, 1.165) is 18.5 Å². The zero-order valence-electron chi connectivity index (χ0n) is 16.4. The lowest BCUT2D eigenvalue weighted by Crippen LogP contribution is -2.03. The van der Waals surface area contributed by atoms with Gasteiger partial charge in [-0.05, 0) is 12.3 Å². The quantitative estimate of drug-likeness (QED) is 0.194. The molecule has 0 N–H and O–H groups in total. The van der Waals surface area contributed by atoms with E-state index in [2.05, 4.69) is 23.8 Å². The largest absolute Gasteiger partial charge is 0.240 e. The van der Waals surface area contributed by atoms with Crippen molar-refractivity contribution in [1.29, 1.82) is 0 Å². The van der Waals surface area contributed by atoms with Gasteiger partial charge in [-0.1, -0.05) is 114 Å². The molecule has 1 aliphatic rings. The van der Waals surface area contributed by atoms with Gasteiger partial charge in [0.2, 0.25) is 6.17 Å². The number of hydrogen-bond acceptors (Lipinski definition) is 2. The average molecular weight is 334 g/mol. The Morgan fingerprint density at radius 3 is 1.58 bits per heavy atom. The summed E-state index contributed by atoms with van der Waals surface area (Å²) in [5.74, 6) is 0.778. The van der Waals surface area contributed by atoms with E-state index >= 15 is 0 Å². The predicted octanol–water partition coefficient (Wildman–Crippen LogP) is 7.53. The lowest BCUT2D eigenvalue weighted by atomic mass is 9.93. The Kier molecular flexibility index (Phi) is 13.9. The molecule has 0 fully saturated rings. The average Bonchev–Trinajstić information content (AvgIpc) is 3.11. The molecule has 0 aromatic carbocycles. The topological polar surface area (TPSA) is 24.7 Å². The Morgan fingerprint density at radius 1 is 0.667 bits per heavy atom. The van der Waals surface area contributed by atoms with Gasteiger partial charge in [0.1, 0.15) is 0 Å². The van der Waals surface area contributed by atoms with Gasteiger partial charge >= 0.3 is 0 Å². The van der Waals surface area contributed by atoms with E-state index in [9.17, 15) is 0 Å². The Balaban J connectivity index is 1.81. The summed E-state index contributed by atoms with van der Waals surface area (Å²) in [7, 11) is 0. The van der Waals surface area contributed by atoms with Gasteiger partial charge < -0.3 is 0 Å². The number of nitrogens with zero attached hydrogens (tertiary/aromatic N) is 2. The summed E-state index contributed by atoms with van der Waals surface area (Å²) in [6.45, 7) is 4.59. The normalized spacial score (nSPS) is 14.7. The van der Waals surface area contributed by atoms with Gasteiger partial charge in [0.15, 0.2) is 12.4 Å². The van der Waals surface area contributed by atoms with Crippen molar-refractivity contribution in [3.8, 4) is 0 Å². The second-order valence-electron chi connectivity index (χ2n) is 7.48. The fraction of sp³-hybridized carbons (Fsp3) is 0.864. The SMILES string of the molecule is CCCCCCCCCCCCCCCC(CC)C[C+]1N=CC=N1. The van der Waals surface area contributed by atoms with Crippen molar-refractivity contribution in [3.05, 3.63) is 6.17 Å². The number of unbranched alkanes of at least 4 members (excludes halogenated alkanes) is 12. The predicted molar refractivity (Wildman–Crippen MR) is 109 cm³/mol. The minimum absolute atomic E-state index is 0.778. The van der Waals surface area contributed by atoms with Crippen molar-refractivity contribution in [2.24, 2.45) is 15.9 Å². The molecule has 2 heteroatoms. The van der Waals surface area contributed by atoms with E-state index < -0.39 is 0 Å². The third-order valence-corrected chi connectivity index (χ3v) is 5.28. The highest BCUT2D eigenvalue weighted by atomic mass is 15.0. The van der Waals surface area contributed by atoms with E-state index in [0.29, 0.717) is 0 Å². The van der Waals surface area contributed by atoms with Crippen LogP contribution in [0.15, 0.2) is 9.98 Å². The molecule has 2 nitrogen and oxygen atoms in total. The molecule has 0 aliphatic carbocycles. The van der Waals surface area contributed by atoms with Crippen LogP contribution in [0.5, 0.6) is 0 Å². The Hall–Kier alpha value is -0.790. The Labute approximate surface area is 151 Å². The molecule has 0 aromatic heterocycles. The minimum Gasteiger partial charge on any atom is -0.0968 e. The molecule has 0 amide bonds. The van der Waals surface area contributed by atoms with Crippen LogP contribution in [0, 0.1) is 12.1 Å². The third-order valence-electron chi connectivity index (χ3n) is 5.28. The highest BCUT2D eigenvalue weighted by molar-refractivity contribution is 6.18. The van der Waals surface area contributed by atoms with Crippen LogP contribution in [0.4, 0.5) is 0 Å². The molecule has 1 rings (SSSR count). The Bertz CT molecular complexity index is 310. The fourth-order valence-electron chi connectivity index (χ4n) is 3.54. The smallest absolute Gasteiger partial charge is 0.0968 e. The van der Waals surface area contributed by atoms with Gasteiger partial charge in [-0.2, -0.15) is 0 Å². The molecule has 0 bridgehead atoms. The first-order valence-electron chi connectivity index (χ1n) is 10.8. The maximum absolute atomic E-state index is 4.31. The minimum atomic E-state index is 0.778. The maximum Gasteiger partial charge on any atom is 0.240 e. The highest BCUT2D eigenvalue weighted by Gasteiger charge is 2.20. The van der Waals surface area contributed by atoms with Crippen LogP contribution >= 0.6 is 0 Å². The molecule has 1 aliphatic heterocycles. The third kappa shape index (κ3) is 11.7. The van der Waals surface area contributed by atoms with Crippen molar-refractivity contribution in [2.75, 3.05) is 0 Å². The molecule has 1 atom stereocenters. The van der Waals surface area contributed by atoms with Gasteiger partial charge in [0.25, 0.3) is 0 Å². The summed E-state index contributed by atoms with van der Waals surface area (Å²) in [4.78, 5) is 8.61. The Morgan fingerprint density at radius 2 is 1.12 bits per heavy atom. The van der Waals surface area contributed by atoms with Gasteiger partial charge in [-0.3, -0.25) is 0 Å². The summed E-state index contributed by atoms with van der Waals surface area (Å²) >= 11 is 0. The molecule has 0 radical (unpaired) electrons. The van der Waals surface area contributed by atoms with Crippen molar-refractivity contribution < 1.29 is 0 Å². The standard InChI is InChI=1S/C22H41N2/c1-3-5-6-7-8-9-10-11-12-13-14-15-16-17-21(4-2)20-22-23-18-19-24-22/h18-19,21H,3-17,20H2,1-2H3/q+1. The van der Waals surface area contributed by atoms with Crippen LogP contribution in [0.2, 0.25) is 0 Å². The van der Waals surface area contributed by atoms with E-state index in [1.54, 1.807) is 0 Å². The molecule has 24 heavy (non-hydrogen) atoms. The summed E-state index contributed by atoms with van der Waals surface area (Å²) in [5, 5.41) is 0. The zero-order valence-corrected chi connectivity index (χ0v) is 16.4. The van der Waals surface area contributed by atoms with Crippen LogP contribution in [-0.2, 0) is 0 Å². The van der Waals surface area contributed by atoms with Crippen LogP contribution in [0.1, 0.15) is 117 Å². The number of aliphatic imine (C=N–C) groups is 2. The summed E-state index contributed by atoms with van der Waals surface area (Å²) in [5.41, 5.74) is 0. The summed E-state index contributed by atoms with van der Waals surface area (Å²) in [6.07, 6.45) is 27.0. The van der Waals surface area contributed by atoms with Crippen molar-refractivity contribution in [3.63, 3.8) is 0 Å². The zero-order chi connectivity index (χ0) is 17.3. The molecule has 1 heterocycles.